The van der Waals surface area contributed by atoms with Gasteiger partial charge in [-0.2, -0.15) is 0 Å². The maximum atomic E-state index is 13.2. The van der Waals surface area contributed by atoms with E-state index < -0.39 is 7.12 Å². The van der Waals surface area contributed by atoms with E-state index in [0.717, 1.165) is 11.3 Å². The number of nitrogens with zero attached hydrogens (tertiary/aromatic N) is 1. The molecule has 0 aromatic heterocycles. The summed E-state index contributed by atoms with van der Waals surface area (Å²) in [6, 6.07) is 11.5. The average Bonchev–Trinajstić information content (AvgIpc) is 2.47. The molecule has 0 atom stereocenters. The first-order chi connectivity index (χ1) is 10.0. The van der Waals surface area contributed by atoms with E-state index in [1.165, 1.54) is 19.2 Å². The molecule has 0 spiro atoms. The van der Waals surface area contributed by atoms with Crippen molar-refractivity contribution in [2.24, 2.45) is 0 Å². The van der Waals surface area contributed by atoms with Gasteiger partial charge in [-0.15, -0.1) is 0 Å². The van der Waals surface area contributed by atoms with Crippen LogP contribution in [-0.4, -0.2) is 31.3 Å². The minimum absolute atomic E-state index is 0.291. The van der Waals surface area contributed by atoms with Gasteiger partial charge in [0.2, 0.25) is 0 Å². The van der Waals surface area contributed by atoms with Crippen molar-refractivity contribution < 1.29 is 19.2 Å². The number of hydrogen-bond acceptors (Lipinski definition) is 4. The highest BCUT2D eigenvalue weighted by Gasteiger charge is 2.17. The van der Waals surface area contributed by atoms with Crippen molar-refractivity contribution in [1.82, 2.24) is 0 Å². The highest BCUT2D eigenvalue weighted by Crippen LogP contribution is 2.17. The minimum Gasteiger partial charge on any atom is -0.497 e. The fourth-order valence-electron chi connectivity index (χ4n) is 2.16. The van der Waals surface area contributed by atoms with Crippen molar-refractivity contribution in [3.05, 3.63) is 53.8 Å². The summed E-state index contributed by atoms with van der Waals surface area (Å²) < 4.78 is 18.3. The molecule has 4 nitrogen and oxygen atoms in total. The molecule has 0 aliphatic heterocycles. The van der Waals surface area contributed by atoms with Crippen LogP contribution in [0.25, 0.3) is 0 Å². The molecule has 0 bridgehead atoms. The van der Waals surface area contributed by atoms with Gasteiger partial charge in [0.25, 0.3) is 0 Å². The van der Waals surface area contributed by atoms with Gasteiger partial charge in [-0.1, -0.05) is 18.2 Å². The molecule has 0 aliphatic carbocycles. The molecule has 0 heterocycles. The van der Waals surface area contributed by atoms with Gasteiger partial charge in [0.15, 0.2) is 0 Å². The summed E-state index contributed by atoms with van der Waals surface area (Å²) >= 11 is 0. The van der Waals surface area contributed by atoms with E-state index in [1.807, 2.05) is 24.1 Å². The Bertz CT molecular complexity index is 622. The average molecular weight is 289 g/mol. The molecular weight excluding hydrogens is 272 g/mol. The fourth-order valence-corrected chi connectivity index (χ4v) is 2.16. The minimum atomic E-state index is -1.60. The fraction of sp³-hybridized carbons (Fsp3) is 0.200. The van der Waals surface area contributed by atoms with Gasteiger partial charge in [0.05, 0.1) is 7.11 Å². The molecule has 0 fully saturated rings. The summed E-state index contributed by atoms with van der Waals surface area (Å²) in [6.07, 6.45) is 0. The second-order valence-corrected chi connectivity index (χ2v) is 4.79. The van der Waals surface area contributed by atoms with Gasteiger partial charge in [-0.25, -0.2) is 4.39 Å². The number of benzene rings is 2. The number of hydrogen-bond donors (Lipinski definition) is 2. The number of anilines is 1. The van der Waals surface area contributed by atoms with E-state index in [1.54, 1.807) is 18.2 Å². The van der Waals surface area contributed by atoms with Crippen molar-refractivity contribution in [3.63, 3.8) is 0 Å². The number of ether oxygens (including phenoxy) is 1. The molecule has 110 valence electrons. The summed E-state index contributed by atoms with van der Waals surface area (Å²) in [7, 11) is 1.72. The van der Waals surface area contributed by atoms with Gasteiger partial charge in [-0.05, 0) is 29.8 Å². The number of methoxy groups -OCH3 is 1. The van der Waals surface area contributed by atoms with Crippen LogP contribution in [0.1, 0.15) is 5.56 Å². The summed E-state index contributed by atoms with van der Waals surface area (Å²) in [5.41, 5.74) is 1.92. The first-order valence-electron chi connectivity index (χ1n) is 6.51. The zero-order chi connectivity index (χ0) is 15.4. The van der Waals surface area contributed by atoms with Crippen molar-refractivity contribution >= 4 is 18.3 Å². The molecule has 0 unspecified atom stereocenters. The van der Waals surface area contributed by atoms with E-state index in [-0.39, 0.29) is 5.82 Å². The van der Waals surface area contributed by atoms with E-state index in [4.69, 9.17) is 4.74 Å². The summed E-state index contributed by atoms with van der Waals surface area (Å²) in [5, 5.41) is 18.7. The lowest BCUT2D eigenvalue weighted by atomic mass is 9.78. The van der Waals surface area contributed by atoms with Crippen LogP contribution in [0.15, 0.2) is 42.5 Å². The van der Waals surface area contributed by atoms with E-state index in [0.29, 0.717) is 17.8 Å². The third-order valence-electron chi connectivity index (χ3n) is 3.24. The van der Waals surface area contributed by atoms with Crippen LogP contribution in [0.5, 0.6) is 5.75 Å². The number of halogens is 1. The smallest absolute Gasteiger partial charge is 0.492 e. The highest BCUT2D eigenvalue weighted by atomic mass is 19.1. The predicted octanol–water partition coefficient (Wildman–Crippen LogP) is 1.15. The SMILES string of the molecule is COc1ccc(CN(C)c2cccc(F)c2)cc1B(O)O. The third kappa shape index (κ3) is 3.74. The summed E-state index contributed by atoms with van der Waals surface area (Å²) in [4.78, 5) is 1.87. The lowest BCUT2D eigenvalue weighted by Gasteiger charge is -2.20. The van der Waals surface area contributed by atoms with E-state index in [2.05, 4.69) is 0 Å². The molecule has 21 heavy (non-hydrogen) atoms. The van der Waals surface area contributed by atoms with E-state index in [9.17, 15) is 14.4 Å². The highest BCUT2D eigenvalue weighted by molar-refractivity contribution is 6.59. The zero-order valence-electron chi connectivity index (χ0n) is 12.0. The van der Waals surface area contributed by atoms with Crippen LogP contribution in [0.3, 0.4) is 0 Å². The van der Waals surface area contributed by atoms with Crippen molar-refractivity contribution in [3.8, 4) is 5.75 Å². The first-order valence-corrected chi connectivity index (χ1v) is 6.51. The molecule has 0 aliphatic rings. The Balaban J connectivity index is 2.21. The van der Waals surface area contributed by atoms with E-state index >= 15 is 0 Å². The monoisotopic (exact) mass is 289 g/mol. The van der Waals surface area contributed by atoms with Crippen LogP contribution in [0, 0.1) is 5.82 Å². The second kappa shape index (κ2) is 6.60. The summed E-state index contributed by atoms with van der Waals surface area (Å²) in [5.74, 6) is 0.128. The normalized spacial score (nSPS) is 10.3. The van der Waals surface area contributed by atoms with Crippen molar-refractivity contribution in [2.75, 3.05) is 19.1 Å². The van der Waals surface area contributed by atoms with Gasteiger partial charge in [0, 0.05) is 24.7 Å². The Morgan fingerprint density at radius 1 is 1.19 bits per heavy atom. The van der Waals surface area contributed by atoms with Crippen LogP contribution in [-0.2, 0) is 6.54 Å². The molecule has 0 saturated carbocycles. The Kier molecular flexibility index (Phi) is 4.83. The predicted molar refractivity (Wildman–Crippen MR) is 81.3 cm³/mol. The second-order valence-electron chi connectivity index (χ2n) is 4.79. The molecule has 2 aromatic rings. The van der Waals surface area contributed by atoms with Crippen molar-refractivity contribution in [2.45, 2.75) is 6.54 Å². The van der Waals surface area contributed by atoms with Crippen molar-refractivity contribution in [1.29, 1.82) is 0 Å². The zero-order valence-corrected chi connectivity index (χ0v) is 12.0. The Labute approximate surface area is 123 Å². The lowest BCUT2D eigenvalue weighted by Crippen LogP contribution is -2.32. The standard InChI is InChI=1S/C15H17BFNO3/c1-18(13-5-3-4-12(17)9-13)10-11-6-7-15(21-2)14(8-11)16(19)20/h3-9,19-20H,10H2,1-2H3. The Morgan fingerprint density at radius 3 is 2.57 bits per heavy atom. The topological polar surface area (TPSA) is 52.9 Å². The molecule has 6 heteroatoms. The van der Waals surface area contributed by atoms with Crippen LogP contribution >= 0.6 is 0 Å². The maximum Gasteiger partial charge on any atom is 0.492 e. The molecular formula is C15H17BFNO3. The Hall–Kier alpha value is -2.05. The van der Waals surface area contributed by atoms with Gasteiger partial charge in [0.1, 0.15) is 11.6 Å². The summed E-state index contributed by atoms with van der Waals surface area (Å²) in [6.45, 7) is 0.507. The molecule has 2 N–H and O–H groups in total. The van der Waals surface area contributed by atoms with Crippen LogP contribution in [0.4, 0.5) is 10.1 Å². The molecule has 0 amide bonds. The van der Waals surface area contributed by atoms with Gasteiger partial charge >= 0.3 is 7.12 Å². The molecule has 0 saturated heterocycles. The van der Waals surface area contributed by atoms with Crippen LogP contribution < -0.4 is 15.1 Å². The lowest BCUT2D eigenvalue weighted by molar-refractivity contribution is 0.403. The maximum absolute atomic E-state index is 13.2. The molecule has 0 radical (unpaired) electrons. The molecule has 2 aromatic carbocycles. The quantitative estimate of drug-likeness (QED) is 0.811. The van der Waals surface area contributed by atoms with Gasteiger partial charge < -0.3 is 19.7 Å². The third-order valence-corrected chi connectivity index (χ3v) is 3.24. The molecule has 2 rings (SSSR count). The first kappa shape index (κ1) is 15.3. The largest absolute Gasteiger partial charge is 0.497 e. The van der Waals surface area contributed by atoms with Gasteiger partial charge in [-0.3, -0.25) is 0 Å². The number of rotatable bonds is 5. The Morgan fingerprint density at radius 2 is 1.95 bits per heavy atom. The van der Waals surface area contributed by atoms with Crippen LogP contribution in [0.2, 0.25) is 0 Å².